The highest BCUT2D eigenvalue weighted by Crippen LogP contribution is 2.25. The number of guanidine groups is 1. The molecule has 3 aromatic rings. The minimum Gasteiger partial charge on any atom is -0.493 e. The van der Waals surface area contributed by atoms with Gasteiger partial charge >= 0.3 is 0 Å². The van der Waals surface area contributed by atoms with Crippen LogP contribution in [0.4, 0.5) is 0 Å². The molecule has 0 fully saturated rings. The van der Waals surface area contributed by atoms with Crippen molar-refractivity contribution in [1.29, 1.82) is 0 Å². The summed E-state index contributed by atoms with van der Waals surface area (Å²) in [6, 6.07) is 13.8. The third-order valence-corrected chi connectivity index (χ3v) is 5.14. The number of halogens is 1. The molecule has 8 heteroatoms. The van der Waals surface area contributed by atoms with Crippen LogP contribution in [0.1, 0.15) is 17.0 Å². The zero-order chi connectivity index (χ0) is 20.8. The lowest BCUT2D eigenvalue weighted by Gasteiger charge is -2.11. The molecule has 2 aromatic carbocycles. The van der Waals surface area contributed by atoms with E-state index in [1.807, 2.05) is 12.1 Å². The van der Waals surface area contributed by atoms with Crippen LogP contribution in [0.25, 0.3) is 11.4 Å². The molecule has 7 nitrogen and oxygen atoms in total. The van der Waals surface area contributed by atoms with Crippen molar-refractivity contribution in [2.45, 2.75) is 19.3 Å². The lowest BCUT2D eigenvalue weighted by atomic mass is 10.1. The van der Waals surface area contributed by atoms with Gasteiger partial charge in [-0.2, -0.15) is 4.98 Å². The van der Waals surface area contributed by atoms with Crippen molar-refractivity contribution in [2.24, 2.45) is 4.99 Å². The number of hydrogen-bond acceptors (Lipinski definition) is 5. The highest BCUT2D eigenvalue weighted by Gasteiger charge is 2.12. The van der Waals surface area contributed by atoms with Gasteiger partial charge in [0.25, 0.3) is 0 Å². The molecule has 1 aliphatic rings. The van der Waals surface area contributed by atoms with E-state index < -0.39 is 0 Å². The Morgan fingerprint density at radius 2 is 1.90 bits per heavy atom. The van der Waals surface area contributed by atoms with Gasteiger partial charge in [-0.25, -0.2) is 0 Å². The molecule has 0 bridgehead atoms. The number of benzene rings is 2. The number of hydrogen-bond donors (Lipinski definition) is 2. The molecule has 30 heavy (non-hydrogen) atoms. The minimum atomic E-state index is 0.559. The maximum atomic E-state index is 5.91. The van der Waals surface area contributed by atoms with E-state index in [4.69, 9.17) is 20.9 Å². The lowest BCUT2D eigenvalue weighted by molar-refractivity contribution is 0.357. The third-order valence-electron chi connectivity index (χ3n) is 4.89. The number of fused-ring (bicyclic) bond motifs is 1. The molecule has 0 aliphatic carbocycles. The summed E-state index contributed by atoms with van der Waals surface area (Å²) in [5, 5.41) is 11.3. The van der Waals surface area contributed by atoms with Crippen molar-refractivity contribution in [3.05, 3.63) is 64.5 Å². The zero-order valence-corrected chi connectivity index (χ0v) is 17.6. The summed E-state index contributed by atoms with van der Waals surface area (Å²) < 4.78 is 10.9. The number of nitrogens with zero attached hydrogens (tertiary/aromatic N) is 3. The minimum absolute atomic E-state index is 0.559. The first-order valence-electron chi connectivity index (χ1n) is 9.99. The average molecular weight is 426 g/mol. The highest BCUT2D eigenvalue weighted by atomic mass is 35.5. The fourth-order valence-electron chi connectivity index (χ4n) is 3.30. The SMILES string of the molecule is CN=C(NCCc1ccc2c(c1)CCO2)NCCc1nc(-c2ccc(Cl)cc2)no1. The van der Waals surface area contributed by atoms with E-state index in [0.29, 0.717) is 29.7 Å². The van der Waals surface area contributed by atoms with Crippen molar-refractivity contribution in [2.75, 3.05) is 26.7 Å². The zero-order valence-electron chi connectivity index (χ0n) is 16.8. The van der Waals surface area contributed by atoms with E-state index >= 15 is 0 Å². The van der Waals surface area contributed by atoms with E-state index in [2.05, 4.69) is 44.0 Å². The molecule has 156 valence electrons. The Hall–Kier alpha value is -3.06. The molecule has 0 spiro atoms. The van der Waals surface area contributed by atoms with Gasteiger partial charge in [-0.3, -0.25) is 4.99 Å². The molecule has 1 aliphatic heterocycles. The molecule has 0 saturated carbocycles. The van der Waals surface area contributed by atoms with Crippen LogP contribution in [0.5, 0.6) is 5.75 Å². The molecular weight excluding hydrogens is 402 g/mol. The molecule has 2 N–H and O–H groups in total. The molecule has 4 rings (SSSR count). The Labute approximate surface area is 180 Å². The largest absolute Gasteiger partial charge is 0.493 e. The van der Waals surface area contributed by atoms with Crippen LogP contribution >= 0.6 is 11.6 Å². The maximum absolute atomic E-state index is 5.91. The summed E-state index contributed by atoms with van der Waals surface area (Å²) >= 11 is 5.91. The normalized spacial score (nSPS) is 13.1. The molecule has 0 amide bonds. The first-order chi connectivity index (χ1) is 14.7. The topological polar surface area (TPSA) is 84.6 Å². The van der Waals surface area contributed by atoms with E-state index in [9.17, 15) is 0 Å². The Balaban J connectivity index is 1.21. The quantitative estimate of drug-likeness (QED) is 0.446. The van der Waals surface area contributed by atoms with Gasteiger partial charge in [-0.15, -0.1) is 0 Å². The standard InChI is InChI=1S/C22H24ClN5O2/c1-24-22(25-11-8-15-2-7-19-17(14-15)10-13-29-19)26-12-9-20-27-21(28-30-20)16-3-5-18(23)6-4-16/h2-7,14H,8-13H2,1H3,(H2,24,25,26). The summed E-state index contributed by atoms with van der Waals surface area (Å²) in [4.78, 5) is 8.70. The van der Waals surface area contributed by atoms with Crippen molar-refractivity contribution in [3.63, 3.8) is 0 Å². The molecule has 0 radical (unpaired) electrons. The fraction of sp³-hybridized carbons (Fsp3) is 0.318. The molecule has 0 atom stereocenters. The Kier molecular flexibility index (Phi) is 6.49. The van der Waals surface area contributed by atoms with Gasteiger partial charge in [0.1, 0.15) is 5.75 Å². The predicted molar refractivity (Wildman–Crippen MR) is 117 cm³/mol. The van der Waals surface area contributed by atoms with E-state index in [-0.39, 0.29) is 0 Å². The summed E-state index contributed by atoms with van der Waals surface area (Å²) in [6.45, 7) is 2.22. The summed E-state index contributed by atoms with van der Waals surface area (Å²) in [7, 11) is 1.76. The van der Waals surface area contributed by atoms with Crippen LogP contribution in [0, 0.1) is 0 Å². The molecular formula is C22H24ClN5O2. The Morgan fingerprint density at radius 1 is 1.10 bits per heavy atom. The molecule has 1 aromatic heterocycles. The lowest BCUT2D eigenvalue weighted by Crippen LogP contribution is -2.39. The van der Waals surface area contributed by atoms with Gasteiger partial charge in [0, 0.05) is 43.6 Å². The van der Waals surface area contributed by atoms with Crippen molar-refractivity contribution >= 4 is 17.6 Å². The summed E-state index contributed by atoms with van der Waals surface area (Å²) in [6.07, 6.45) is 2.52. The van der Waals surface area contributed by atoms with Gasteiger partial charge in [-0.1, -0.05) is 28.9 Å². The fourth-order valence-corrected chi connectivity index (χ4v) is 3.43. The Bertz CT molecular complexity index is 1020. The van der Waals surface area contributed by atoms with Gasteiger partial charge in [-0.05, 0) is 47.9 Å². The second-order valence-electron chi connectivity index (χ2n) is 6.98. The van der Waals surface area contributed by atoms with Crippen LogP contribution in [0.15, 0.2) is 52.0 Å². The first-order valence-corrected chi connectivity index (χ1v) is 10.4. The van der Waals surface area contributed by atoms with E-state index in [0.717, 1.165) is 43.3 Å². The summed E-state index contributed by atoms with van der Waals surface area (Å²) in [5.41, 5.74) is 3.47. The van der Waals surface area contributed by atoms with E-state index in [1.54, 1.807) is 19.2 Å². The number of nitrogens with one attached hydrogen (secondary N) is 2. The van der Waals surface area contributed by atoms with Crippen LogP contribution in [-0.4, -0.2) is 42.8 Å². The van der Waals surface area contributed by atoms with Gasteiger partial charge in [0.2, 0.25) is 11.7 Å². The summed E-state index contributed by atoms with van der Waals surface area (Å²) in [5.74, 6) is 2.90. The first kappa shape index (κ1) is 20.2. The van der Waals surface area contributed by atoms with Crippen molar-refractivity contribution in [3.8, 4) is 17.1 Å². The predicted octanol–water partition coefficient (Wildman–Crippen LogP) is 3.28. The van der Waals surface area contributed by atoms with Crippen LogP contribution in [-0.2, 0) is 19.3 Å². The van der Waals surface area contributed by atoms with Crippen LogP contribution < -0.4 is 15.4 Å². The monoisotopic (exact) mass is 425 g/mol. The van der Waals surface area contributed by atoms with Crippen molar-refractivity contribution in [1.82, 2.24) is 20.8 Å². The smallest absolute Gasteiger partial charge is 0.228 e. The van der Waals surface area contributed by atoms with Gasteiger partial charge < -0.3 is 19.9 Å². The maximum Gasteiger partial charge on any atom is 0.228 e. The van der Waals surface area contributed by atoms with E-state index in [1.165, 1.54) is 11.1 Å². The van der Waals surface area contributed by atoms with Crippen LogP contribution in [0.2, 0.25) is 5.02 Å². The van der Waals surface area contributed by atoms with Crippen LogP contribution in [0.3, 0.4) is 0 Å². The van der Waals surface area contributed by atoms with Gasteiger partial charge in [0.05, 0.1) is 6.61 Å². The third kappa shape index (κ3) is 5.10. The van der Waals surface area contributed by atoms with Crippen molar-refractivity contribution < 1.29 is 9.26 Å². The molecule has 0 unspecified atom stereocenters. The molecule has 0 saturated heterocycles. The average Bonchev–Trinajstić information content (AvgIpc) is 3.42. The number of rotatable bonds is 7. The number of aromatic nitrogens is 2. The number of ether oxygens (including phenoxy) is 1. The second kappa shape index (κ2) is 9.63. The molecule has 2 heterocycles. The Morgan fingerprint density at radius 3 is 2.70 bits per heavy atom. The highest BCUT2D eigenvalue weighted by molar-refractivity contribution is 6.30. The second-order valence-corrected chi connectivity index (χ2v) is 7.42. The van der Waals surface area contributed by atoms with Gasteiger partial charge in [0.15, 0.2) is 5.96 Å². The number of aliphatic imine (C=N–C) groups is 1.